The minimum absolute atomic E-state index is 0.0884. The molecule has 0 radical (unpaired) electrons. The molecule has 0 atom stereocenters. The lowest BCUT2D eigenvalue weighted by Gasteiger charge is -2.17. The fourth-order valence-corrected chi connectivity index (χ4v) is 2.51. The summed E-state index contributed by atoms with van der Waals surface area (Å²) >= 11 is 1.08. The molecule has 1 aromatic rings. The van der Waals surface area contributed by atoms with Crippen molar-refractivity contribution in [3.63, 3.8) is 0 Å². The van der Waals surface area contributed by atoms with Gasteiger partial charge in [-0.3, -0.25) is 9.59 Å². The predicted molar refractivity (Wildman–Crippen MR) is 72.5 cm³/mol. The van der Waals surface area contributed by atoms with Crippen LogP contribution in [0.25, 0.3) is 0 Å². The largest absolute Gasteiger partial charge is 0.481 e. The van der Waals surface area contributed by atoms with Gasteiger partial charge in [0, 0.05) is 31.4 Å². The average molecular weight is 283 g/mol. The normalized spacial score (nSPS) is 14.8. The van der Waals surface area contributed by atoms with Crippen LogP contribution in [0.1, 0.15) is 12.8 Å². The number of aliphatic carboxylic acids is 1. The van der Waals surface area contributed by atoms with E-state index in [1.807, 2.05) is 4.57 Å². The summed E-state index contributed by atoms with van der Waals surface area (Å²) in [7, 11) is 2.08. The standard InChI is InChI=1S/C12H17N3O3S/c1-14(9-2-3-9)6-7-15-5-4-10(16)13-12(15)19-8-11(17)18/h4-5,9H,2-3,6-8H2,1H3,(H,17,18). The third kappa shape index (κ3) is 4.36. The smallest absolute Gasteiger partial charge is 0.313 e. The summed E-state index contributed by atoms with van der Waals surface area (Å²) in [5.41, 5.74) is -0.334. The van der Waals surface area contributed by atoms with Crippen LogP contribution >= 0.6 is 11.8 Å². The number of hydrogen-bond acceptors (Lipinski definition) is 5. The van der Waals surface area contributed by atoms with Gasteiger partial charge in [-0.1, -0.05) is 11.8 Å². The van der Waals surface area contributed by atoms with Crippen molar-refractivity contribution < 1.29 is 9.90 Å². The van der Waals surface area contributed by atoms with Crippen molar-refractivity contribution in [2.75, 3.05) is 19.3 Å². The molecule has 0 spiro atoms. The van der Waals surface area contributed by atoms with Crippen molar-refractivity contribution in [2.45, 2.75) is 30.6 Å². The Morgan fingerprint density at radius 2 is 2.37 bits per heavy atom. The van der Waals surface area contributed by atoms with E-state index in [2.05, 4.69) is 16.9 Å². The molecule has 19 heavy (non-hydrogen) atoms. The lowest BCUT2D eigenvalue weighted by atomic mass is 10.5. The Bertz CT molecular complexity index is 513. The van der Waals surface area contributed by atoms with E-state index in [-0.39, 0.29) is 11.3 Å². The third-order valence-corrected chi connectivity index (χ3v) is 4.01. The first-order valence-electron chi connectivity index (χ1n) is 6.18. The second kappa shape index (κ2) is 6.21. The van der Waals surface area contributed by atoms with Gasteiger partial charge < -0.3 is 14.6 Å². The van der Waals surface area contributed by atoms with Gasteiger partial charge in [0.15, 0.2) is 5.16 Å². The first-order chi connectivity index (χ1) is 9.06. The van der Waals surface area contributed by atoms with Crippen molar-refractivity contribution >= 4 is 17.7 Å². The SMILES string of the molecule is CN(CCn1ccc(=O)nc1SCC(=O)O)C1CC1. The third-order valence-electron chi connectivity index (χ3n) is 3.04. The molecule has 0 aliphatic heterocycles. The molecule has 0 bridgehead atoms. The zero-order valence-corrected chi connectivity index (χ0v) is 11.6. The predicted octanol–water partition coefficient (Wildman–Crippen LogP) is 0.514. The molecular weight excluding hydrogens is 266 g/mol. The van der Waals surface area contributed by atoms with Crippen LogP contribution < -0.4 is 5.56 Å². The van der Waals surface area contributed by atoms with Crippen LogP contribution in [0.3, 0.4) is 0 Å². The molecule has 7 heteroatoms. The van der Waals surface area contributed by atoms with Crippen molar-refractivity contribution in [3.8, 4) is 0 Å². The Labute approximate surface area is 115 Å². The highest BCUT2D eigenvalue weighted by Gasteiger charge is 2.25. The first kappa shape index (κ1) is 14.1. The summed E-state index contributed by atoms with van der Waals surface area (Å²) in [4.78, 5) is 28.0. The van der Waals surface area contributed by atoms with Crippen molar-refractivity contribution in [1.29, 1.82) is 0 Å². The van der Waals surface area contributed by atoms with Crippen LogP contribution in [-0.4, -0.2) is 50.9 Å². The molecule has 0 aromatic carbocycles. The number of thioether (sulfide) groups is 1. The summed E-state index contributed by atoms with van der Waals surface area (Å²) in [5, 5.41) is 9.16. The Morgan fingerprint density at radius 1 is 1.63 bits per heavy atom. The van der Waals surface area contributed by atoms with E-state index < -0.39 is 5.97 Å². The topological polar surface area (TPSA) is 75.4 Å². The van der Waals surface area contributed by atoms with E-state index >= 15 is 0 Å². The zero-order chi connectivity index (χ0) is 13.8. The van der Waals surface area contributed by atoms with Crippen LogP contribution in [0.4, 0.5) is 0 Å². The van der Waals surface area contributed by atoms with Crippen LogP contribution in [0.2, 0.25) is 0 Å². The molecule has 1 aliphatic rings. The van der Waals surface area contributed by atoms with Crippen molar-refractivity contribution in [1.82, 2.24) is 14.5 Å². The number of aromatic nitrogens is 2. The Hall–Kier alpha value is -1.34. The molecule has 1 aromatic heterocycles. The van der Waals surface area contributed by atoms with Crippen molar-refractivity contribution in [3.05, 3.63) is 22.6 Å². The minimum Gasteiger partial charge on any atom is -0.481 e. The van der Waals surface area contributed by atoms with Crippen molar-refractivity contribution in [2.24, 2.45) is 0 Å². The van der Waals surface area contributed by atoms with E-state index in [1.54, 1.807) is 6.20 Å². The summed E-state index contributed by atoms with van der Waals surface area (Å²) in [6.07, 6.45) is 4.18. The van der Waals surface area contributed by atoms with Gasteiger partial charge in [0.05, 0.1) is 5.75 Å². The highest BCUT2D eigenvalue weighted by Crippen LogP contribution is 2.25. The van der Waals surface area contributed by atoms with E-state index in [9.17, 15) is 9.59 Å². The maximum atomic E-state index is 11.2. The minimum atomic E-state index is -0.912. The van der Waals surface area contributed by atoms with Gasteiger partial charge in [0.2, 0.25) is 0 Å². The molecule has 1 aliphatic carbocycles. The molecule has 1 N–H and O–H groups in total. The van der Waals surface area contributed by atoms with E-state index in [4.69, 9.17) is 5.11 Å². The monoisotopic (exact) mass is 283 g/mol. The quantitative estimate of drug-likeness (QED) is 0.580. The fraction of sp³-hybridized carbons (Fsp3) is 0.583. The van der Waals surface area contributed by atoms with Crippen LogP contribution in [0.5, 0.6) is 0 Å². The zero-order valence-electron chi connectivity index (χ0n) is 10.8. The number of hydrogen-bond donors (Lipinski definition) is 1. The highest BCUT2D eigenvalue weighted by molar-refractivity contribution is 7.99. The average Bonchev–Trinajstić information content (AvgIpc) is 3.19. The molecule has 2 rings (SSSR count). The van der Waals surface area contributed by atoms with Gasteiger partial charge in [0.25, 0.3) is 5.56 Å². The number of carbonyl (C=O) groups is 1. The van der Waals surface area contributed by atoms with E-state index in [0.717, 1.165) is 18.3 Å². The molecule has 0 saturated heterocycles. The summed E-state index contributed by atoms with van der Waals surface area (Å²) < 4.78 is 1.84. The number of carboxylic acids is 1. The fourth-order valence-electron chi connectivity index (χ4n) is 1.79. The first-order valence-corrected chi connectivity index (χ1v) is 7.17. The van der Waals surface area contributed by atoms with Gasteiger partial charge >= 0.3 is 5.97 Å². The summed E-state index contributed by atoms with van der Waals surface area (Å²) in [5.74, 6) is -1.00. The molecule has 0 unspecified atom stereocenters. The molecule has 6 nitrogen and oxygen atoms in total. The van der Waals surface area contributed by atoms with Gasteiger partial charge in [-0.25, -0.2) is 0 Å². The lowest BCUT2D eigenvalue weighted by Crippen LogP contribution is -2.26. The number of likely N-dealkylation sites (N-methyl/N-ethyl adjacent to an activating group) is 1. The van der Waals surface area contributed by atoms with Gasteiger partial charge in [0.1, 0.15) is 0 Å². The number of rotatable bonds is 7. The Balaban J connectivity index is 2.00. The van der Waals surface area contributed by atoms with E-state index in [0.29, 0.717) is 17.7 Å². The maximum Gasteiger partial charge on any atom is 0.313 e. The molecule has 1 fully saturated rings. The van der Waals surface area contributed by atoms with Gasteiger partial charge in [-0.05, 0) is 19.9 Å². The maximum absolute atomic E-state index is 11.2. The van der Waals surface area contributed by atoms with Gasteiger partial charge in [-0.2, -0.15) is 4.98 Å². The molecular formula is C12H17N3O3S. The summed E-state index contributed by atoms with van der Waals surface area (Å²) in [6, 6.07) is 2.09. The molecule has 1 saturated carbocycles. The Morgan fingerprint density at radius 3 is 3.00 bits per heavy atom. The van der Waals surface area contributed by atoms with Crippen LogP contribution in [0, 0.1) is 0 Å². The number of carboxylic acid groups (broad SMARTS) is 1. The summed E-state index contributed by atoms with van der Waals surface area (Å²) in [6.45, 7) is 1.58. The second-order valence-corrected chi connectivity index (χ2v) is 5.58. The Kier molecular flexibility index (Phi) is 4.60. The molecule has 104 valence electrons. The van der Waals surface area contributed by atoms with Gasteiger partial charge in [-0.15, -0.1) is 0 Å². The number of nitrogens with zero attached hydrogens (tertiary/aromatic N) is 3. The second-order valence-electron chi connectivity index (χ2n) is 4.64. The van der Waals surface area contributed by atoms with Crippen LogP contribution in [0.15, 0.2) is 22.2 Å². The molecule has 1 heterocycles. The highest BCUT2D eigenvalue weighted by atomic mass is 32.2. The molecule has 0 amide bonds. The lowest BCUT2D eigenvalue weighted by molar-refractivity contribution is -0.133. The van der Waals surface area contributed by atoms with E-state index in [1.165, 1.54) is 18.9 Å². The van der Waals surface area contributed by atoms with Crippen LogP contribution in [-0.2, 0) is 11.3 Å².